The van der Waals surface area contributed by atoms with Crippen LogP contribution in [0.4, 0.5) is 5.69 Å². The summed E-state index contributed by atoms with van der Waals surface area (Å²) in [5, 5.41) is 15.9. The largest absolute Gasteiger partial charge is 0.344 e. The number of amides is 2. The fourth-order valence-corrected chi connectivity index (χ4v) is 2.49. The molecule has 1 heterocycles. The Hall–Kier alpha value is -3.36. The van der Waals surface area contributed by atoms with E-state index >= 15 is 0 Å². The summed E-state index contributed by atoms with van der Waals surface area (Å²) < 4.78 is 0. The van der Waals surface area contributed by atoms with Gasteiger partial charge in [0.25, 0.3) is 5.69 Å². The average Bonchev–Trinajstić information content (AvgIpc) is 2.77. The highest BCUT2D eigenvalue weighted by Gasteiger charge is 2.26. The van der Waals surface area contributed by atoms with Gasteiger partial charge in [-0.15, -0.1) is 0 Å². The maximum Gasteiger partial charge on any atom is 0.269 e. The second-order valence-corrected chi connectivity index (χ2v) is 6.14. The first kappa shape index (κ1) is 20.0. The van der Waals surface area contributed by atoms with Crippen molar-refractivity contribution in [3.63, 3.8) is 0 Å². The van der Waals surface area contributed by atoms with E-state index in [4.69, 9.17) is 0 Å². The van der Waals surface area contributed by atoms with E-state index in [1.807, 2.05) is 0 Å². The molecule has 0 bridgehead atoms. The molecule has 0 radical (unpaired) electrons. The summed E-state index contributed by atoms with van der Waals surface area (Å²) in [5.74, 6) is -1.22. The summed E-state index contributed by atoms with van der Waals surface area (Å²) in [7, 11) is 0. The van der Waals surface area contributed by atoms with Gasteiger partial charge in [0.15, 0.2) is 5.78 Å². The van der Waals surface area contributed by atoms with Crippen molar-refractivity contribution in [1.82, 2.24) is 10.6 Å². The molecule has 1 aliphatic heterocycles. The lowest BCUT2D eigenvalue weighted by molar-refractivity contribution is -0.384. The van der Waals surface area contributed by atoms with Gasteiger partial charge in [-0.1, -0.05) is 18.2 Å². The third-order valence-corrected chi connectivity index (χ3v) is 3.97. The SMILES string of the molecule is CC1N=CC=CC(NC(=O)[C@H](C)NC(=O)Cc2cccc([N+](=O)[O-])c2)C1=O. The van der Waals surface area contributed by atoms with Crippen LogP contribution >= 0.6 is 0 Å². The second-order valence-electron chi connectivity index (χ2n) is 6.14. The maximum atomic E-state index is 12.3. The van der Waals surface area contributed by atoms with E-state index in [-0.39, 0.29) is 17.9 Å². The Morgan fingerprint density at radius 3 is 2.81 bits per heavy atom. The van der Waals surface area contributed by atoms with Crippen molar-refractivity contribution in [3.8, 4) is 0 Å². The number of nitro benzene ring substituents is 1. The molecule has 2 unspecified atom stereocenters. The van der Waals surface area contributed by atoms with Gasteiger partial charge in [0.1, 0.15) is 18.1 Å². The monoisotopic (exact) mass is 372 g/mol. The lowest BCUT2D eigenvalue weighted by atomic mass is 10.1. The molecule has 0 aliphatic carbocycles. The van der Waals surface area contributed by atoms with Crippen molar-refractivity contribution in [1.29, 1.82) is 0 Å². The smallest absolute Gasteiger partial charge is 0.269 e. The summed E-state index contributed by atoms with van der Waals surface area (Å²) in [6, 6.07) is 3.46. The molecule has 0 saturated heterocycles. The molecular formula is C18H20N4O5. The molecular weight excluding hydrogens is 352 g/mol. The van der Waals surface area contributed by atoms with Crippen LogP contribution in [0.25, 0.3) is 0 Å². The first-order valence-corrected chi connectivity index (χ1v) is 8.34. The number of rotatable bonds is 6. The lowest BCUT2D eigenvalue weighted by Crippen LogP contribution is -2.51. The molecule has 1 aromatic carbocycles. The fourth-order valence-electron chi connectivity index (χ4n) is 2.49. The third kappa shape index (κ3) is 5.56. The highest BCUT2D eigenvalue weighted by molar-refractivity contribution is 5.98. The molecule has 2 N–H and O–H groups in total. The maximum absolute atomic E-state index is 12.3. The van der Waals surface area contributed by atoms with Gasteiger partial charge in [0.2, 0.25) is 11.8 Å². The molecule has 0 saturated carbocycles. The van der Waals surface area contributed by atoms with Crippen LogP contribution in [0.5, 0.6) is 0 Å². The van der Waals surface area contributed by atoms with E-state index in [0.717, 1.165) is 0 Å². The number of allylic oxidation sites excluding steroid dienone is 1. The van der Waals surface area contributed by atoms with Crippen molar-refractivity contribution < 1.29 is 19.3 Å². The van der Waals surface area contributed by atoms with Crippen molar-refractivity contribution in [2.75, 3.05) is 0 Å². The number of hydrogen-bond donors (Lipinski definition) is 2. The Morgan fingerprint density at radius 1 is 1.37 bits per heavy atom. The van der Waals surface area contributed by atoms with Crippen molar-refractivity contribution in [2.45, 2.75) is 38.4 Å². The third-order valence-electron chi connectivity index (χ3n) is 3.97. The molecule has 27 heavy (non-hydrogen) atoms. The van der Waals surface area contributed by atoms with Gasteiger partial charge in [-0.2, -0.15) is 0 Å². The minimum absolute atomic E-state index is 0.105. The molecule has 142 valence electrons. The molecule has 1 aliphatic rings. The molecule has 0 spiro atoms. The number of nitrogens with zero attached hydrogens (tertiary/aromatic N) is 2. The molecule has 9 nitrogen and oxygen atoms in total. The molecule has 0 aromatic heterocycles. The molecule has 2 rings (SSSR count). The van der Waals surface area contributed by atoms with Gasteiger partial charge >= 0.3 is 0 Å². The minimum Gasteiger partial charge on any atom is -0.344 e. The topological polar surface area (TPSA) is 131 Å². The number of Topliss-reactive ketones (excluding diaryl/α,β-unsaturated/α-hetero) is 1. The quantitative estimate of drug-likeness (QED) is 0.561. The summed E-state index contributed by atoms with van der Waals surface area (Å²) >= 11 is 0. The predicted molar refractivity (Wildman–Crippen MR) is 98.4 cm³/mol. The zero-order valence-corrected chi connectivity index (χ0v) is 14.9. The zero-order chi connectivity index (χ0) is 20.0. The van der Waals surface area contributed by atoms with Gasteiger partial charge in [-0.05, 0) is 25.5 Å². The van der Waals surface area contributed by atoms with Crippen LogP contribution in [-0.2, 0) is 20.8 Å². The standard InChI is InChI=1S/C18H20N4O5/c1-11-17(24)15(7-4-8-19-11)21-18(25)12(2)20-16(23)10-13-5-3-6-14(9-13)22(26)27/h3-9,11-12,15H,10H2,1-2H3,(H,20,23)(H,21,25)/t11?,12-,15?/m0/s1. The van der Waals surface area contributed by atoms with E-state index in [1.54, 1.807) is 19.1 Å². The molecule has 9 heteroatoms. The number of nitro groups is 1. The zero-order valence-electron chi connectivity index (χ0n) is 14.9. The minimum atomic E-state index is -0.878. The van der Waals surface area contributed by atoms with Crippen LogP contribution < -0.4 is 10.6 Å². The van der Waals surface area contributed by atoms with Crippen molar-refractivity contribution >= 4 is 29.5 Å². The van der Waals surface area contributed by atoms with Crippen LogP contribution in [0, 0.1) is 10.1 Å². The summed E-state index contributed by atoms with van der Waals surface area (Å²) in [6.45, 7) is 3.13. The van der Waals surface area contributed by atoms with E-state index in [1.165, 1.54) is 37.4 Å². The lowest BCUT2D eigenvalue weighted by Gasteiger charge is -2.19. The number of carbonyl (C=O) groups is 3. The van der Waals surface area contributed by atoms with Crippen LogP contribution in [0.3, 0.4) is 0 Å². The van der Waals surface area contributed by atoms with Gasteiger partial charge in [-0.3, -0.25) is 29.5 Å². The number of aliphatic imine (C=N–C) groups is 1. The Kier molecular flexibility index (Phi) is 6.53. The number of ketones is 1. The van der Waals surface area contributed by atoms with Crippen LogP contribution in [0.2, 0.25) is 0 Å². The average molecular weight is 372 g/mol. The van der Waals surface area contributed by atoms with Crippen molar-refractivity contribution in [2.24, 2.45) is 4.99 Å². The van der Waals surface area contributed by atoms with Crippen LogP contribution in [0.1, 0.15) is 19.4 Å². The second kappa shape index (κ2) is 8.84. The first-order chi connectivity index (χ1) is 12.8. The fraction of sp³-hybridized carbons (Fsp3) is 0.333. The number of benzene rings is 1. The van der Waals surface area contributed by atoms with Gasteiger partial charge in [-0.25, -0.2) is 0 Å². The number of carbonyl (C=O) groups excluding carboxylic acids is 3. The number of non-ortho nitro benzene ring substituents is 1. The summed E-state index contributed by atoms with van der Waals surface area (Å²) in [4.78, 5) is 50.7. The molecule has 0 fully saturated rings. The summed E-state index contributed by atoms with van der Waals surface area (Å²) in [5.41, 5.74) is 0.350. The normalized spacial score (nSPS) is 19.9. The van der Waals surface area contributed by atoms with Gasteiger partial charge < -0.3 is 10.6 Å². The van der Waals surface area contributed by atoms with E-state index in [0.29, 0.717) is 5.56 Å². The summed E-state index contributed by atoms with van der Waals surface area (Å²) in [6.07, 6.45) is 4.51. The Bertz CT molecular complexity index is 818. The van der Waals surface area contributed by atoms with E-state index in [9.17, 15) is 24.5 Å². The van der Waals surface area contributed by atoms with E-state index in [2.05, 4.69) is 15.6 Å². The van der Waals surface area contributed by atoms with E-state index < -0.39 is 34.9 Å². The Labute approximate surface area is 155 Å². The molecule has 2 amide bonds. The Morgan fingerprint density at radius 2 is 2.11 bits per heavy atom. The van der Waals surface area contributed by atoms with Crippen LogP contribution in [-0.4, -0.2) is 46.9 Å². The van der Waals surface area contributed by atoms with Crippen LogP contribution in [0.15, 0.2) is 41.4 Å². The highest BCUT2D eigenvalue weighted by Crippen LogP contribution is 2.13. The van der Waals surface area contributed by atoms with Gasteiger partial charge in [0.05, 0.1) is 11.3 Å². The number of nitrogens with one attached hydrogen (secondary N) is 2. The Balaban J connectivity index is 1.92. The predicted octanol–water partition coefficient (Wildman–Crippen LogP) is 0.725. The molecule has 1 aromatic rings. The molecule has 3 atom stereocenters. The first-order valence-electron chi connectivity index (χ1n) is 8.34. The van der Waals surface area contributed by atoms with Crippen molar-refractivity contribution in [3.05, 3.63) is 52.1 Å². The van der Waals surface area contributed by atoms with Gasteiger partial charge in [0, 0.05) is 18.3 Å². The number of hydrogen-bond acceptors (Lipinski definition) is 6. The highest BCUT2D eigenvalue weighted by atomic mass is 16.6.